The van der Waals surface area contributed by atoms with Crippen molar-refractivity contribution < 1.29 is 13.2 Å². The zero-order valence-electron chi connectivity index (χ0n) is 16.3. The van der Waals surface area contributed by atoms with E-state index < -0.39 is 9.84 Å². The first-order valence-corrected chi connectivity index (χ1v) is 11.4. The highest BCUT2D eigenvalue weighted by Crippen LogP contribution is 2.38. The first-order chi connectivity index (χ1) is 13.4. The van der Waals surface area contributed by atoms with Gasteiger partial charge in [0.05, 0.1) is 16.3 Å². The summed E-state index contributed by atoms with van der Waals surface area (Å²) in [5.41, 5.74) is 2.02. The highest BCUT2D eigenvalue weighted by Gasteiger charge is 2.34. The maximum Gasteiger partial charge on any atom is 0.272 e. The van der Waals surface area contributed by atoms with Crippen molar-refractivity contribution >= 4 is 15.7 Å². The predicted octanol–water partition coefficient (Wildman–Crippen LogP) is 1.98. The normalized spacial score (nSPS) is 21.0. The Morgan fingerprint density at radius 1 is 1.29 bits per heavy atom. The Hall–Kier alpha value is -2.19. The van der Waals surface area contributed by atoms with Gasteiger partial charge >= 0.3 is 0 Å². The molecule has 1 N–H and O–H groups in total. The number of benzene rings is 1. The smallest absolute Gasteiger partial charge is 0.272 e. The van der Waals surface area contributed by atoms with Gasteiger partial charge in [0.25, 0.3) is 5.91 Å². The van der Waals surface area contributed by atoms with Crippen LogP contribution in [0.25, 0.3) is 11.3 Å². The SMILES string of the molecule is CC1CCCCN1CCNC(=O)c1nn(C)c2c1CS(=O)(=O)c1ccccc1-2. The van der Waals surface area contributed by atoms with Gasteiger partial charge in [-0.25, -0.2) is 8.42 Å². The van der Waals surface area contributed by atoms with Crippen molar-refractivity contribution in [1.29, 1.82) is 0 Å². The standard InChI is InChI=1S/C20H26N4O3S/c1-14-7-5-6-11-24(14)12-10-21-20(25)18-16-13-28(26,27)17-9-4-3-8-15(17)19(16)23(2)22-18/h3-4,8-9,14H,5-7,10-13H2,1-2H3,(H,21,25). The molecule has 1 saturated heterocycles. The number of piperidine rings is 1. The molecule has 1 aromatic carbocycles. The van der Waals surface area contributed by atoms with Crippen LogP contribution in [-0.4, -0.2) is 54.7 Å². The average molecular weight is 403 g/mol. The molecule has 0 bridgehead atoms. The molecule has 0 spiro atoms. The summed E-state index contributed by atoms with van der Waals surface area (Å²) < 4.78 is 27.0. The van der Waals surface area contributed by atoms with Crippen LogP contribution in [0.3, 0.4) is 0 Å². The molecule has 2 aliphatic heterocycles. The Morgan fingerprint density at radius 3 is 2.86 bits per heavy atom. The lowest BCUT2D eigenvalue weighted by Gasteiger charge is -2.33. The molecule has 1 amide bonds. The van der Waals surface area contributed by atoms with Crippen LogP contribution < -0.4 is 5.32 Å². The Bertz CT molecular complexity index is 1010. The van der Waals surface area contributed by atoms with Gasteiger partial charge in [-0.05, 0) is 32.4 Å². The van der Waals surface area contributed by atoms with Crippen LogP contribution >= 0.6 is 0 Å². The molecule has 1 aromatic heterocycles. The molecule has 150 valence electrons. The van der Waals surface area contributed by atoms with Crippen molar-refractivity contribution in [2.24, 2.45) is 7.05 Å². The van der Waals surface area contributed by atoms with Crippen molar-refractivity contribution in [3.05, 3.63) is 35.5 Å². The summed E-state index contributed by atoms with van der Waals surface area (Å²) in [4.78, 5) is 15.5. The van der Waals surface area contributed by atoms with Gasteiger partial charge in [-0.1, -0.05) is 24.6 Å². The van der Waals surface area contributed by atoms with E-state index >= 15 is 0 Å². The van der Waals surface area contributed by atoms with E-state index in [0.29, 0.717) is 34.3 Å². The molecule has 0 radical (unpaired) electrons. The second kappa shape index (κ2) is 7.33. The molecule has 7 nitrogen and oxygen atoms in total. The third-order valence-electron chi connectivity index (χ3n) is 5.80. The quantitative estimate of drug-likeness (QED) is 0.845. The van der Waals surface area contributed by atoms with E-state index in [0.717, 1.165) is 13.1 Å². The molecule has 2 aliphatic rings. The van der Waals surface area contributed by atoms with Crippen LogP contribution in [0.1, 0.15) is 42.2 Å². The third-order valence-corrected chi connectivity index (χ3v) is 7.49. The minimum Gasteiger partial charge on any atom is -0.349 e. The topological polar surface area (TPSA) is 84.3 Å². The lowest BCUT2D eigenvalue weighted by atomic mass is 10.0. The van der Waals surface area contributed by atoms with Gasteiger partial charge in [0, 0.05) is 37.3 Å². The van der Waals surface area contributed by atoms with E-state index in [1.807, 2.05) is 0 Å². The minimum atomic E-state index is -3.48. The van der Waals surface area contributed by atoms with E-state index in [9.17, 15) is 13.2 Å². The average Bonchev–Trinajstić information content (AvgIpc) is 2.99. The zero-order chi connectivity index (χ0) is 19.9. The lowest BCUT2D eigenvalue weighted by molar-refractivity contribution is 0.0932. The molecule has 1 fully saturated rings. The number of aromatic nitrogens is 2. The molecule has 4 rings (SSSR count). The van der Waals surface area contributed by atoms with Gasteiger partial charge in [-0.2, -0.15) is 5.10 Å². The minimum absolute atomic E-state index is 0.195. The molecular formula is C20H26N4O3S. The summed E-state index contributed by atoms with van der Waals surface area (Å²) in [5.74, 6) is -0.505. The van der Waals surface area contributed by atoms with E-state index in [1.54, 1.807) is 36.0 Å². The maximum atomic E-state index is 12.8. The number of sulfone groups is 1. The van der Waals surface area contributed by atoms with Crippen molar-refractivity contribution in [2.75, 3.05) is 19.6 Å². The van der Waals surface area contributed by atoms with Gasteiger partial charge in [0.1, 0.15) is 0 Å². The van der Waals surface area contributed by atoms with Crippen molar-refractivity contribution in [2.45, 2.75) is 42.9 Å². The van der Waals surface area contributed by atoms with E-state index in [4.69, 9.17) is 0 Å². The number of aryl methyl sites for hydroxylation is 1. The van der Waals surface area contributed by atoms with Crippen LogP contribution in [0.4, 0.5) is 0 Å². The molecule has 2 aromatic rings. The third kappa shape index (κ3) is 3.35. The van der Waals surface area contributed by atoms with Gasteiger partial charge < -0.3 is 5.32 Å². The lowest BCUT2D eigenvalue weighted by Crippen LogP contribution is -2.42. The number of rotatable bonds is 4. The Balaban J connectivity index is 1.55. The highest BCUT2D eigenvalue weighted by atomic mass is 32.2. The monoisotopic (exact) mass is 402 g/mol. The van der Waals surface area contributed by atoms with Gasteiger partial charge in [-0.15, -0.1) is 0 Å². The fourth-order valence-electron chi connectivity index (χ4n) is 4.31. The largest absolute Gasteiger partial charge is 0.349 e. The Morgan fingerprint density at radius 2 is 2.07 bits per heavy atom. The summed E-state index contributed by atoms with van der Waals surface area (Å²) in [5, 5.41) is 7.29. The fraction of sp³-hybridized carbons (Fsp3) is 0.500. The zero-order valence-corrected chi connectivity index (χ0v) is 17.1. The number of hydrogen-bond donors (Lipinski definition) is 1. The number of carbonyl (C=O) groups excluding carboxylic acids is 1. The summed E-state index contributed by atoms with van der Waals surface area (Å²) in [7, 11) is -1.73. The Labute approximate surface area is 165 Å². The number of amides is 1. The van der Waals surface area contributed by atoms with Crippen LogP contribution in [0, 0.1) is 0 Å². The van der Waals surface area contributed by atoms with Gasteiger partial charge in [0.2, 0.25) is 0 Å². The van der Waals surface area contributed by atoms with Crippen LogP contribution in [0.5, 0.6) is 0 Å². The van der Waals surface area contributed by atoms with Crippen LogP contribution in [-0.2, 0) is 22.6 Å². The van der Waals surface area contributed by atoms with E-state index in [1.165, 1.54) is 19.3 Å². The number of hydrogen-bond acceptors (Lipinski definition) is 5. The molecular weight excluding hydrogens is 376 g/mol. The molecule has 1 unspecified atom stereocenters. The summed E-state index contributed by atoms with van der Waals surface area (Å²) in [6, 6.07) is 7.43. The van der Waals surface area contributed by atoms with E-state index in [2.05, 4.69) is 22.2 Å². The maximum absolute atomic E-state index is 12.8. The van der Waals surface area contributed by atoms with E-state index in [-0.39, 0.29) is 17.4 Å². The molecule has 0 saturated carbocycles. The summed E-state index contributed by atoms with van der Waals surface area (Å²) in [6.45, 7) is 4.60. The number of carbonyl (C=O) groups is 1. The second-order valence-electron chi connectivity index (χ2n) is 7.69. The van der Waals surface area contributed by atoms with Crippen molar-refractivity contribution in [3.63, 3.8) is 0 Å². The summed E-state index contributed by atoms with van der Waals surface area (Å²) in [6.07, 6.45) is 3.66. The first kappa shape index (κ1) is 19.1. The molecule has 8 heteroatoms. The second-order valence-corrected chi connectivity index (χ2v) is 9.65. The molecule has 3 heterocycles. The highest BCUT2D eigenvalue weighted by molar-refractivity contribution is 7.90. The number of likely N-dealkylation sites (tertiary alicyclic amines) is 1. The molecule has 0 aliphatic carbocycles. The van der Waals surface area contributed by atoms with Crippen LogP contribution in [0.15, 0.2) is 29.2 Å². The number of nitrogens with one attached hydrogen (secondary N) is 1. The van der Waals surface area contributed by atoms with Gasteiger partial charge in [-0.3, -0.25) is 14.4 Å². The Kier molecular flexibility index (Phi) is 5.01. The predicted molar refractivity (Wildman–Crippen MR) is 107 cm³/mol. The molecule has 1 atom stereocenters. The van der Waals surface area contributed by atoms with Crippen molar-refractivity contribution in [1.82, 2.24) is 20.0 Å². The van der Waals surface area contributed by atoms with Crippen molar-refractivity contribution in [3.8, 4) is 11.3 Å². The number of fused-ring (bicyclic) bond motifs is 3. The van der Waals surface area contributed by atoms with Gasteiger partial charge in [0.15, 0.2) is 15.5 Å². The van der Waals surface area contributed by atoms with Crippen LogP contribution in [0.2, 0.25) is 0 Å². The number of nitrogens with zero attached hydrogens (tertiary/aromatic N) is 3. The molecule has 28 heavy (non-hydrogen) atoms. The fourth-order valence-corrected chi connectivity index (χ4v) is 5.91. The first-order valence-electron chi connectivity index (χ1n) is 9.79. The summed E-state index contributed by atoms with van der Waals surface area (Å²) >= 11 is 0.